The lowest BCUT2D eigenvalue weighted by Gasteiger charge is -2.36. The zero-order valence-electron chi connectivity index (χ0n) is 13.5. The van der Waals surface area contributed by atoms with Crippen LogP contribution in [0.1, 0.15) is 25.3 Å². The maximum Gasteiger partial charge on any atom is 0.188 e. The summed E-state index contributed by atoms with van der Waals surface area (Å²) < 4.78 is 6.63. The molecule has 1 heterocycles. The van der Waals surface area contributed by atoms with Gasteiger partial charge in [0.2, 0.25) is 0 Å². The molecule has 0 amide bonds. The van der Waals surface area contributed by atoms with E-state index >= 15 is 0 Å². The minimum absolute atomic E-state index is 0. The van der Waals surface area contributed by atoms with Crippen LogP contribution in [0.5, 0.6) is 0 Å². The molecule has 1 aromatic carbocycles. The summed E-state index contributed by atoms with van der Waals surface area (Å²) in [5, 5.41) is 3.09. The highest BCUT2D eigenvalue weighted by molar-refractivity contribution is 14.0. The molecule has 1 fully saturated rings. The van der Waals surface area contributed by atoms with Crippen LogP contribution in [0.2, 0.25) is 0 Å². The molecule has 23 heavy (non-hydrogen) atoms. The second kappa shape index (κ2) is 9.64. The second-order valence-corrected chi connectivity index (χ2v) is 6.83. The van der Waals surface area contributed by atoms with Crippen LogP contribution in [-0.4, -0.2) is 32.3 Å². The van der Waals surface area contributed by atoms with E-state index in [4.69, 9.17) is 10.5 Å². The van der Waals surface area contributed by atoms with E-state index in [0.29, 0.717) is 19.0 Å². The fourth-order valence-corrected chi connectivity index (χ4v) is 2.90. The molecule has 1 aromatic rings. The van der Waals surface area contributed by atoms with Crippen LogP contribution in [0, 0.1) is 0 Å². The number of guanidine groups is 1. The standard InChI is InChI=1S/C17H24BrN3O.HI/c1-13(2)11-20-16(19)21-12-17(7-9-22-10-8-17)14-3-5-15(18)6-4-14;/h3-6H,1,7-12H2,2H3,(H3,19,20,21);1H. The molecular weight excluding hydrogens is 469 g/mol. The van der Waals surface area contributed by atoms with Gasteiger partial charge in [-0.2, -0.15) is 0 Å². The monoisotopic (exact) mass is 493 g/mol. The van der Waals surface area contributed by atoms with Gasteiger partial charge in [-0.1, -0.05) is 40.2 Å². The van der Waals surface area contributed by atoms with Gasteiger partial charge in [-0.05, 0) is 37.5 Å². The molecule has 1 aliphatic heterocycles. The van der Waals surface area contributed by atoms with Crippen molar-refractivity contribution in [3.63, 3.8) is 0 Å². The van der Waals surface area contributed by atoms with Gasteiger partial charge in [-0.3, -0.25) is 4.99 Å². The first kappa shape index (κ1) is 20.4. The first-order chi connectivity index (χ1) is 10.5. The smallest absolute Gasteiger partial charge is 0.188 e. The zero-order chi connectivity index (χ0) is 16.0. The van der Waals surface area contributed by atoms with E-state index in [2.05, 4.69) is 57.1 Å². The Morgan fingerprint density at radius 3 is 2.52 bits per heavy atom. The van der Waals surface area contributed by atoms with Crippen LogP contribution >= 0.6 is 39.9 Å². The highest BCUT2D eigenvalue weighted by Gasteiger charge is 2.34. The summed E-state index contributed by atoms with van der Waals surface area (Å²) in [7, 11) is 0. The van der Waals surface area contributed by atoms with Crippen molar-refractivity contribution in [1.82, 2.24) is 5.32 Å². The Hall–Kier alpha value is -0.600. The van der Waals surface area contributed by atoms with E-state index in [1.807, 2.05) is 6.92 Å². The van der Waals surface area contributed by atoms with Crippen molar-refractivity contribution in [2.45, 2.75) is 25.2 Å². The predicted octanol–water partition coefficient (Wildman–Crippen LogP) is 3.60. The third-order valence-corrected chi connectivity index (χ3v) is 4.56. The van der Waals surface area contributed by atoms with Gasteiger partial charge < -0.3 is 15.8 Å². The molecule has 2 rings (SSSR count). The van der Waals surface area contributed by atoms with Crippen molar-refractivity contribution in [2.75, 3.05) is 26.3 Å². The molecule has 0 spiro atoms. The number of nitrogens with one attached hydrogen (secondary N) is 1. The fourth-order valence-electron chi connectivity index (χ4n) is 2.64. The highest BCUT2D eigenvalue weighted by atomic mass is 127. The summed E-state index contributed by atoms with van der Waals surface area (Å²) in [6, 6.07) is 8.50. The Labute approximate surface area is 164 Å². The lowest BCUT2D eigenvalue weighted by Crippen LogP contribution is -2.39. The van der Waals surface area contributed by atoms with Crippen LogP contribution < -0.4 is 11.1 Å². The third kappa shape index (κ3) is 6.08. The third-order valence-electron chi connectivity index (χ3n) is 4.03. The maximum atomic E-state index is 5.96. The van der Waals surface area contributed by atoms with Crippen molar-refractivity contribution >= 4 is 45.9 Å². The van der Waals surface area contributed by atoms with Crippen molar-refractivity contribution in [2.24, 2.45) is 10.7 Å². The molecular formula is C17H25BrIN3O. The second-order valence-electron chi connectivity index (χ2n) is 5.91. The molecule has 128 valence electrons. The summed E-state index contributed by atoms with van der Waals surface area (Å²) in [5.74, 6) is 0.478. The van der Waals surface area contributed by atoms with Gasteiger partial charge in [-0.15, -0.1) is 24.0 Å². The molecule has 3 N–H and O–H groups in total. The van der Waals surface area contributed by atoms with Crippen molar-refractivity contribution in [3.05, 3.63) is 46.5 Å². The highest BCUT2D eigenvalue weighted by Crippen LogP contribution is 2.35. The number of halogens is 2. The molecule has 0 aromatic heterocycles. The number of ether oxygens (including phenoxy) is 1. The van der Waals surface area contributed by atoms with E-state index in [0.717, 1.165) is 36.1 Å². The van der Waals surface area contributed by atoms with Gasteiger partial charge >= 0.3 is 0 Å². The number of nitrogens with two attached hydrogens (primary N) is 1. The number of hydrogen-bond donors (Lipinski definition) is 2. The molecule has 0 saturated carbocycles. The molecule has 0 aliphatic carbocycles. The summed E-state index contributed by atoms with van der Waals surface area (Å²) in [4.78, 5) is 4.57. The molecule has 1 saturated heterocycles. The van der Waals surface area contributed by atoms with Gasteiger partial charge in [0.15, 0.2) is 5.96 Å². The quantitative estimate of drug-likeness (QED) is 0.285. The summed E-state index contributed by atoms with van der Waals surface area (Å²) >= 11 is 3.49. The van der Waals surface area contributed by atoms with Crippen LogP contribution in [0.3, 0.4) is 0 Å². The number of benzene rings is 1. The number of nitrogens with zero attached hydrogens (tertiary/aromatic N) is 1. The van der Waals surface area contributed by atoms with Gasteiger partial charge in [0.1, 0.15) is 0 Å². The van der Waals surface area contributed by atoms with Crippen LogP contribution in [0.4, 0.5) is 0 Å². The van der Waals surface area contributed by atoms with E-state index in [-0.39, 0.29) is 29.4 Å². The van der Waals surface area contributed by atoms with E-state index in [9.17, 15) is 0 Å². The van der Waals surface area contributed by atoms with Crippen LogP contribution in [-0.2, 0) is 10.2 Å². The van der Waals surface area contributed by atoms with E-state index < -0.39 is 0 Å². The Balaban J connectivity index is 0.00000264. The first-order valence-corrected chi connectivity index (χ1v) is 8.33. The Kier molecular flexibility index (Phi) is 8.57. The van der Waals surface area contributed by atoms with Gasteiger partial charge in [0, 0.05) is 29.6 Å². The van der Waals surface area contributed by atoms with Crippen LogP contribution in [0.15, 0.2) is 45.9 Å². The molecule has 0 atom stereocenters. The fraction of sp³-hybridized carbons (Fsp3) is 0.471. The lowest BCUT2D eigenvalue weighted by molar-refractivity contribution is 0.0531. The van der Waals surface area contributed by atoms with Crippen molar-refractivity contribution in [1.29, 1.82) is 0 Å². The van der Waals surface area contributed by atoms with E-state index in [1.165, 1.54) is 5.56 Å². The van der Waals surface area contributed by atoms with Gasteiger partial charge in [0.25, 0.3) is 0 Å². The molecule has 6 heteroatoms. The number of hydrogen-bond acceptors (Lipinski definition) is 2. The number of aliphatic imine (C=N–C) groups is 1. The molecule has 0 bridgehead atoms. The molecule has 4 nitrogen and oxygen atoms in total. The SMILES string of the molecule is C=C(C)CNC(N)=NCC1(c2ccc(Br)cc2)CCOCC1.I. The summed E-state index contributed by atoms with van der Waals surface area (Å²) in [6.45, 7) is 8.68. The Morgan fingerprint density at radius 1 is 1.35 bits per heavy atom. The predicted molar refractivity (Wildman–Crippen MR) is 111 cm³/mol. The minimum Gasteiger partial charge on any atom is -0.381 e. The molecule has 0 unspecified atom stereocenters. The zero-order valence-corrected chi connectivity index (χ0v) is 17.4. The molecule has 1 aliphatic rings. The summed E-state index contributed by atoms with van der Waals surface area (Å²) in [5.41, 5.74) is 8.30. The maximum absolute atomic E-state index is 5.96. The normalized spacial score (nSPS) is 17.2. The lowest BCUT2D eigenvalue weighted by atomic mass is 9.74. The summed E-state index contributed by atoms with van der Waals surface area (Å²) in [6.07, 6.45) is 1.93. The number of rotatable bonds is 5. The Morgan fingerprint density at radius 2 is 1.96 bits per heavy atom. The van der Waals surface area contributed by atoms with Crippen molar-refractivity contribution < 1.29 is 4.74 Å². The molecule has 0 radical (unpaired) electrons. The average molecular weight is 494 g/mol. The van der Waals surface area contributed by atoms with Gasteiger partial charge in [-0.25, -0.2) is 0 Å². The minimum atomic E-state index is 0. The van der Waals surface area contributed by atoms with Crippen molar-refractivity contribution in [3.8, 4) is 0 Å². The first-order valence-electron chi connectivity index (χ1n) is 7.54. The van der Waals surface area contributed by atoms with Crippen LogP contribution in [0.25, 0.3) is 0 Å². The Bertz CT molecular complexity index is 539. The van der Waals surface area contributed by atoms with Gasteiger partial charge in [0.05, 0.1) is 6.54 Å². The largest absolute Gasteiger partial charge is 0.381 e. The van der Waals surface area contributed by atoms with E-state index in [1.54, 1.807) is 0 Å². The topological polar surface area (TPSA) is 59.6 Å². The average Bonchev–Trinajstić information content (AvgIpc) is 2.52.